The van der Waals surface area contributed by atoms with Gasteiger partial charge in [-0.1, -0.05) is 29.8 Å². The van der Waals surface area contributed by atoms with Crippen LogP contribution >= 0.6 is 11.6 Å². The van der Waals surface area contributed by atoms with Crippen molar-refractivity contribution in [2.45, 2.75) is 0 Å². The Balaban J connectivity index is 2.05. The van der Waals surface area contributed by atoms with Gasteiger partial charge in [-0.15, -0.1) is 0 Å². The molecule has 0 saturated carbocycles. The predicted octanol–water partition coefficient (Wildman–Crippen LogP) is 2.52. The van der Waals surface area contributed by atoms with Crippen LogP contribution in [0.3, 0.4) is 0 Å². The minimum absolute atomic E-state index is 0.177. The Bertz CT molecular complexity index is 671. The van der Waals surface area contributed by atoms with E-state index in [4.69, 9.17) is 16.7 Å². The predicted molar refractivity (Wildman–Crippen MR) is 76.3 cm³/mol. The molecule has 0 saturated heterocycles. The number of nitrogens with zero attached hydrogens (tertiary/aromatic N) is 1. The average molecular weight is 291 g/mol. The van der Waals surface area contributed by atoms with Crippen molar-refractivity contribution in [2.24, 2.45) is 5.10 Å². The van der Waals surface area contributed by atoms with E-state index in [1.807, 2.05) is 0 Å². The third kappa shape index (κ3) is 3.27. The molecule has 0 spiro atoms. The molecule has 6 heteroatoms. The second kappa shape index (κ2) is 6.08. The molecular weight excluding hydrogens is 280 g/mol. The Morgan fingerprint density at radius 3 is 2.60 bits per heavy atom. The van der Waals surface area contributed by atoms with Crippen LogP contribution in [0.2, 0.25) is 5.02 Å². The number of halogens is 1. The molecule has 0 aromatic heterocycles. The van der Waals surface area contributed by atoms with Gasteiger partial charge in [0.2, 0.25) is 0 Å². The quantitative estimate of drug-likeness (QED) is 0.461. The molecule has 0 atom stereocenters. The molecule has 0 aliphatic rings. The molecule has 2 rings (SSSR count). The van der Waals surface area contributed by atoms with Crippen molar-refractivity contribution in [3.8, 4) is 11.5 Å². The van der Waals surface area contributed by atoms with E-state index < -0.39 is 5.91 Å². The van der Waals surface area contributed by atoms with Gasteiger partial charge in [-0.05, 0) is 24.3 Å². The molecule has 0 radical (unpaired) electrons. The normalized spacial score (nSPS) is 10.7. The first-order valence-electron chi connectivity index (χ1n) is 5.68. The van der Waals surface area contributed by atoms with Crippen LogP contribution in [0, 0.1) is 0 Å². The lowest BCUT2D eigenvalue weighted by atomic mass is 10.2. The summed E-state index contributed by atoms with van der Waals surface area (Å²) in [5.41, 5.74) is 3.15. The highest BCUT2D eigenvalue weighted by Crippen LogP contribution is 2.24. The molecule has 2 aromatic carbocycles. The number of phenolic OH excluding ortho intramolecular Hbond substituents is 2. The monoisotopic (exact) mass is 290 g/mol. The second-order valence-electron chi connectivity index (χ2n) is 3.92. The summed E-state index contributed by atoms with van der Waals surface area (Å²) in [6.07, 6.45) is 1.42. The fourth-order valence-corrected chi connectivity index (χ4v) is 1.65. The number of phenols is 2. The van der Waals surface area contributed by atoms with Crippen molar-refractivity contribution < 1.29 is 15.0 Å². The first kappa shape index (κ1) is 13.9. The van der Waals surface area contributed by atoms with Crippen LogP contribution < -0.4 is 5.43 Å². The molecule has 0 fully saturated rings. The van der Waals surface area contributed by atoms with Crippen LogP contribution in [0.25, 0.3) is 0 Å². The van der Waals surface area contributed by atoms with Crippen molar-refractivity contribution in [1.82, 2.24) is 5.43 Å². The number of hydrazone groups is 1. The number of benzene rings is 2. The standard InChI is InChI=1S/C14H11ClN2O3/c15-11-4-2-1-3-10(11)8-16-17-14(20)9-5-6-12(18)13(19)7-9/h1-8,18-19H,(H,17,20)/b16-8+. The maximum atomic E-state index is 11.7. The zero-order valence-corrected chi connectivity index (χ0v) is 11.0. The van der Waals surface area contributed by atoms with E-state index in [1.54, 1.807) is 24.3 Å². The van der Waals surface area contributed by atoms with Crippen molar-refractivity contribution >= 4 is 23.7 Å². The van der Waals surface area contributed by atoms with Gasteiger partial charge in [-0.25, -0.2) is 5.43 Å². The summed E-state index contributed by atoms with van der Waals surface area (Å²) in [6, 6.07) is 10.8. The van der Waals surface area contributed by atoms with E-state index in [9.17, 15) is 9.90 Å². The Morgan fingerprint density at radius 1 is 1.15 bits per heavy atom. The summed E-state index contributed by atoms with van der Waals surface area (Å²) in [5.74, 6) is -1.17. The molecule has 20 heavy (non-hydrogen) atoms. The molecule has 0 aliphatic heterocycles. The Labute approximate surface area is 120 Å². The third-order valence-corrected chi connectivity index (χ3v) is 2.86. The van der Waals surface area contributed by atoms with Crippen LogP contribution in [0.1, 0.15) is 15.9 Å². The number of rotatable bonds is 3. The zero-order chi connectivity index (χ0) is 14.5. The van der Waals surface area contributed by atoms with E-state index in [1.165, 1.54) is 18.3 Å². The van der Waals surface area contributed by atoms with Crippen LogP contribution in [0.15, 0.2) is 47.6 Å². The highest BCUT2D eigenvalue weighted by atomic mass is 35.5. The van der Waals surface area contributed by atoms with Crippen molar-refractivity contribution in [3.63, 3.8) is 0 Å². The summed E-state index contributed by atoms with van der Waals surface area (Å²) >= 11 is 5.93. The van der Waals surface area contributed by atoms with Gasteiger partial charge in [0.15, 0.2) is 11.5 Å². The zero-order valence-electron chi connectivity index (χ0n) is 10.2. The highest BCUT2D eigenvalue weighted by Gasteiger charge is 2.07. The smallest absolute Gasteiger partial charge is 0.271 e. The minimum Gasteiger partial charge on any atom is -0.504 e. The molecule has 5 nitrogen and oxygen atoms in total. The van der Waals surface area contributed by atoms with E-state index in [2.05, 4.69) is 10.5 Å². The van der Waals surface area contributed by atoms with Gasteiger partial charge in [0.25, 0.3) is 5.91 Å². The van der Waals surface area contributed by atoms with Gasteiger partial charge < -0.3 is 10.2 Å². The van der Waals surface area contributed by atoms with E-state index in [-0.39, 0.29) is 17.1 Å². The number of amides is 1. The summed E-state index contributed by atoms with van der Waals surface area (Å²) in [7, 11) is 0. The van der Waals surface area contributed by atoms with Crippen LogP contribution in [-0.4, -0.2) is 22.3 Å². The van der Waals surface area contributed by atoms with Crippen molar-refractivity contribution in [3.05, 3.63) is 58.6 Å². The number of hydrogen-bond donors (Lipinski definition) is 3. The van der Waals surface area contributed by atoms with Crippen molar-refractivity contribution in [1.29, 1.82) is 0 Å². The summed E-state index contributed by atoms with van der Waals surface area (Å²) in [4.78, 5) is 11.7. The Morgan fingerprint density at radius 2 is 1.90 bits per heavy atom. The fourth-order valence-electron chi connectivity index (χ4n) is 1.47. The number of carbonyl (C=O) groups excluding carboxylic acids is 1. The lowest BCUT2D eigenvalue weighted by Crippen LogP contribution is -2.17. The van der Waals surface area contributed by atoms with Crippen LogP contribution in [0.5, 0.6) is 11.5 Å². The summed E-state index contributed by atoms with van der Waals surface area (Å²) in [6.45, 7) is 0. The van der Waals surface area contributed by atoms with Crippen LogP contribution in [0.4, 0.5) is 0 Å². The number of hydrogen-bond acceptors (Lipinski definition) is 4. The SMILES string of the molecule is O=C(N/N=C/c1ccccc1Cl)c1ccc(O)c(O)c1. The van der Waals surface area contributed by atoms with Gasteiger partial charge in [0.1, 0.15) is 0 Å². The first-order valence-corrected chi connectivity index (χ1v) is 6.05. The molecule has 0 bridgehead atoms. The maximum absolute atomic E-state index is 11.7. The highest BCUT2D eigenvalue weighted by molar-refractivity contribution is 6.33. The lowest BCUT2D eigenvalue weighted by Gasteiger charge is -2.02. The largest absolute Gasteiger partial charge is 0.504 e. The fraction of sp³-hybridized carbons (Fsp3) is 0. The molecule has 0 heterocycles. The Kier molecular flexibility index (Phi) is 4.22. The molecule has 2 aromatic rings. The number of carbonyl (C=O) groups is 1. The van der Waals surface area contributed by atoms with Gasteiger partial charge in [-0.2, -0.15) is 5.10 Å². The minimum atomic E-state index is -0.511. The van der Waals surface area contributed by atoms with Crippen LogP contribution in [-0.2, 0) is 0 Å². The van der Waals surface area contributed by atoms with Gasteiger partial charge in [-0.3, -0.25) is 4.79 Å². The van der Waals surface area contributed by atoms with E-state index >= 15 is 0 Å². The molecular formula is C14H11ClN2O3. The molecule has 0 aliphatic carbocycles. The lowest BCUT2D eigenvalue weighted by molar-refractivity contribution is 0.0954. The van der Waals surface area contributed by atoms with Gasteiger partial charge in [0, 0.05) is 16.1 Å². The molecule has 0 unspecified atom stereocenters. The van der Waals surface area contributed by atoms with E-state index in [0.29, 0.717) is 10.6 Å². The topological polar surface area (TPSA) is 81.9 Å². The molecule has 3 N–H and O–H groups in total. The molecule has 1 amide bonds. The Hall–Kier alpha value is -2.53. The van der Waals surface area contributed by atoms with Gasteiger partial charge in [0.05, 0.1) is 6.21 Å². The average Bonchev–Trinajstić information content (AvgIpc) is 2.44. The molecule has 102 valence electrons. The maximum Gasteiger partial charge on any atom is 0.271 e. The summed E-state index contributed by atoms with van der Waals surface area (Å²) < 4.78 is 0. The number of nitrogens with one attached hydrogen (secondary N) is 1. The van der Waals surface area contributed by atoms with Crippen molar-refractivity contribution in [2.75, 3.05) is 0 Å². The third-order valence-electron chi connectivity index (χ3n) is 2.51. The second-order valence-corrected chi connectivity index (χ2v) is 4.33. The van der Waals surface area contributed by atoms with E-state index in [0.717, 1.165) is 6.07 Å². The number of aromatic hydroxyl groups is 2. The first-order chi connectivity index (χ1) is 9.58. The summed E-state index contributed by atoms with van der Waals surface area (Å²) in [5, 5.41) is 22.8. The van der Waals surface area contributed by atoms with Gasteiger partial charge >= 0.3 is 0 Å².